The van der Waals surface area contributed by atoms with E-state index < -0.39 is 0 Å². The van der Waals surface area contributed by atoms with Crippen LogP contribution in [0.1, 0.15) is 25.7 Å². The van der Waals surface area contributed by atoms with E-state index in [0.717, 1.165) is 35.5 Å². The monoisotopic (exact) mass is 294 g/mol. The van der Waals surface area contributed by atoms with Crippen LogP contribution >= 0.6 is 23.1 Å². The molecule has 1 saturated carbocycles. The van der Waals surface area contributed by atoms with Gasteiger partial charge in [0.05, 0.1) is 16.3 Å². The molecule has 1 aromatic heterocycles. The number of rotatable bonds is 3. The smallest absolute Gasteiger partial charge is 0.150 e. The zero-order valence-electron chi connectivity index (χ0n) is 10.9. The zero-order chi connectivity index (χ0) is 13.2. The van der Waals surface area contributed by atoms with E-state index in [-0.39, 0.29) is 6.10 Å². The first kappa shape index (κ1) is 13.2. The zero-order valence-corrected chi connectivity index (χ0v) is 12.6. The van der Waals surface area contributed by atoms with Crippen LogP contribution in [0.2, 0.25) is 0 Å². The van der Waals surface area contributed by atoms with Crippen LogP contribution in [-0.4, -0.2) is 28.5 Å². The van der Waals surface area contributed by atoms with E-state index in [2.05, 4.69) is 34.8 Å². The third kappa shape index (κ3) is 3.04. The van der Waals surface area contributed by atoms with E-state index in [9.17, 15) is 5.11 Å². The first-order chi connectivity index (χ1) is 9.24. The molecule has 0 aliphatic heterocycles. The number of nitrogens with one attached hydrogen (secondary N) is 1. The number of hydrogen-bond acceptors (Lipinski definition) is 5. The van der Waals surface area contributed by atoms with Gasteiger partial charge in [-0.05, 0) is 50.1 Å². The summed E-state index contributed by atoms with van der Waals surface area (Å²) in [5, 5.41) is 13.1. The first-order valence-corrected chi connectivity index (χ1v) is 8.68. The number of aromatic nitrogens is 1. The molecular weight excluding hydrogens is 276 g/mol. The van der Waals surface area contributed by atoms with Crippen molar-refractivity contribution in [3.63, 3.8) is 0 Å². The number of anilines is 1. The molecule has 2 aromatic rings. The molecule has 102 valence electrons. The highest BCUT2D eigenvalue weighted by atomic mass is 32.2. The van der Waals surface area contributed by atoms with Gasteiger partial charge in [0.2, 0.25) is 0 Å². The van der Waals surface area contributed by atoms with Crippen LogP contribution in [0.3, 0.4) is 0 Å². The maximum absolute atomic E-state index is 9.53. The van der Waals surface area contributed by atoms with Gasteiger partial charge >= 0.3 is 0 Å². The second-order valence-electron chi connectivity index (χ2n) is 5.02. The summed E-state index contributed by atoms with van der Waals surface area (Å²) in [6, 6.07) is 6.88. The number of nitrogens with zero attached hydrogens (tertiary/aromatic N) is 1. The lowest BCUT2D eigenvalue weighted by Gasteiger charge is -2.27. The Morgan fingerprint density at radius 1 is 1.32 bits per heavy atom. The molecule has 2 N–H and O–H groups in total. The molecule has 0 amide bonds. The lowest BCUT2D eigenvalue weighted by Crippen LogP contribution is -2.28. The number of thiazole rings is 1. The fourth-order valence-corrected chi connectivity index (χ4v) is 4.06. The molecule has 0 bridgehead atoms. The molecule has 1 heterocycles. The molecule has 0 spiro atoms. The maximum Gasteiger partial charge on any atom is 0.150 e. The average Bonchev–Trinajstić information content (AvgIpc) is 2.83. The van der Waals surface area contributed by atoms with E-state index >= 15 is 0 Å². The fourth-order valence-electron chi connectivity index (χ4n) is 2.54. The number of aliphatic hydroxyl groups is 1. The minimum Gasteiger partial charge on any atom is -0.393 e. The van der Waals surface area contributed by atoms with Gasteiger partial charge in [-0.2, -0.15) is 0 Å². The summed E-state index contributed by atoms with van der Waals surface area (Å²) in [7, 11) is 0. The molecule has 1 aliphatic rings. The van der Waals surface area contributed by atoms with Crippen molar-refractivity contribution in [2.75, 3.05) is 11.6 Å². The lowest BCUT2D eigenvalue weighted by molar-refractivity contribution is 0.126. The molecule has 1 fully saturated rings. The molecule has 0 radical (unpaired) electrons. The summed E-state index contributed by atoms with van der Waals surface area (Å²) in [6.45, 7) is 0. The van der Waals surface area contributed by atoms with E-state index in [1.807, 2.05) is 0 Å². The molecule has 3 nitrogen and oxygen atoms in total. The molecule has 5 heteroatoms. The highest BCUT2D eigenvalue weighted by Gasteiger charge is 2.19. The quantitative estimate of drug-likeness (QED) is 0.847. The summed E-state index contributed by atoms with van der Waals surface area (Å²) in [5.74, 6) is 0. The van der Waals surface area contributed by atoms with Gasteiger partial charge in [-0.3, -0.25) is 0 Å². The molecule has 3 rings (SSSR count). The molecule has 0 atom stereocenters. The predicted octanol–water partition coefficient (Wildman–Crippen LogP) is 3.73. The van der Waals surface area contributed by atoms with Crippen LogP contribution in [-0.2, 0) is 0 Å². The van der Waals surface area contributed by atoms with Crippen LogP contribution in [0.25, 0.3) is 10.2 Å². The van der Waals surface area contributed by atoms with E-state index in [0.29, 0.717) is 6.04 Å². The van der Waals surface area contributed by atoms with E-state index in [4.69, 9.17) is 0 Å². The highest BCUT2D eigenvalue weighted by Crippen LogP contribution is 2.31. The van der Waals surface area contributed by atoms with Crippen molar-refractivity contribution in [3.8, 4) is 0 Å². The van der Waals surface area contributed by atoms with Crippen molar-refractivity contribution in [2.45, 2.75) is 42.2 Å². The Bertz CT molecular complexity index is 562. The number of aliphatic hydroxyl groups excluding tert-OH is 1. The minimum absolute atomic E-state index is 0.0915. The summed E-state index contributed by atoms with van der Waals surface area (Å²) in [4.78, 5) is 4.55. The van der Waals surface area contributed by atoms with Crippen LogP contribution in [0.5, 0.6) is 0 Å². The van der Waals surface area contributed by atoms with E-state index in [1.54, 1.807) is 23.1 Å². The third-order valence-electron chi connectivity index (χ3n) is 3.61. The van der Waals surface area contributed by atoms with Crippen LogP contribution in [0.15, 0.2) is 22.5 Å². The Kier molecular flexibility index (Phi) is 3.96. The molecule has 1 aromatic carbocycles. The summed E-state index contributed by atoms with van der Waals surface area (Å²) >= 11 is 3.44. The minimum atomic E-state index is -0.0915. The standard InChI is InChI=1S/C14H18N2OS2/c1-18-14-16-12-7-4-10(8-13(12)19-14)15-9-2-5-11(17)6-3-9/h4,7-9,11,15,17H,2-3,5-6H2,1H3. The van der Waals surface area contributed by atoms with Crippen LogP contribution in [0.4, 0.5) is 5.69 Å². The Morgan fingerprint density at radius 2 is 2.11 bits per heavy atom. The number of fused-ring (bicyclic) bond motifs is 1. The van der Waals surface area contributed by atoms with Crippen LogP contribution in [0, 0.1) is 0 Å². The van der Waals surface area contributed by atoms with Gasteiger partial charge < -0.3 is 10.4 Å². The number of thioether (sulfide) groups is 1. The Hall–Kier alpha value is -0.780. The van der Waals surface area contributed by atoms with Gasteiger partial charge in [0.25, 0.3) is 0 Å². The van der Waals surface area contributed by atoms with Gasteiger partial charge in [-0.15, -0.1) is 11.3 Å². The molecule has 0 unspecified atom stereocenters. The molecule has 1 aliphatic carbocycles. The van der Waals surface area contributed by atoms with Crippen molar-refractivity contribution in [1.82, 2.24) is 4.98 Å². The normalized spacial score (nSPS) is 23.7. The van der Waals surface area contributed by atoms with Crippen molar-refractivity contribution in [3.05, 3.63) is 18.2 Å². The van der Waals surface area contributed by atoms with Gasteiger partial charge in [-0.1, -0.05) is 11.8 Å². The summed E-state index contributed by atoms with van der Waals surface area (Å²) in [6.07, 6.45) is 5.90. The SMILES string of the molecule is CSc1nc2ccc(NC3CCC(O)CC3)cc2s1. The Morgan fingerprint density at radius 3 is 2.84 bits per heavy atom. The Labute approximate surface area is 121 Å². The highest BCUT2D eigenvalue weighted by molar-refractivity contribution is 8.00. The van der Waals surface area contributed by atoms with Gasteiger partial charge in [0.1, 0.15) is 0 Å². The summed E-state index contributed by atoms with van der Waals surface area (Å²) in [5.41, 5.74) is 2.25. The summed E-state index contributed by atoms with van der Waals surface area (Å²) < 4.78 is 2.36. The average molecular weight is 294 g/mol. The van der Waals surface area contributed by atoms with Crippen molar-refractivity contribution < 1.29 is 5.11 Å². The lowest BCUT2D eigenvalue weighted by atomic mass is 9.93. The second-order valence-corrected chi connectivity index (χ2v) is 7.10. The Balaban J connectivity index is 1.74. The van der Waals surface area contributed by atoms with Gasteiger partial charge in [-0.25, -0.2) is 4.98 Å². The second kappa shape index (κ2) is 5.69. The fraction of sp³-hybridized carbons (Fsp3) is 0.500. The topological polar surface area (TPSA) is 45.2 Å². The maximum atomic E-state index is 9.53. The van der Waals surface area contributed by atoms with Gasteiger partial charge in [0.15, 0.2) is 4.34 Å². The molecule has 0 saturated heterocycles. The van der Waals surface area contributed by atoms with Crippen molar-refractivity contribution in [1.29, 1.82) is 0 Å². The van der Waals surface area contributed by atoms with Crippen LogP contribution < -0.4 is 5.32 Å². The van der Waals surface area contributed by atoms with Crippen molar-refractivity contribution in [2.24, 2.45) is 0 Å². The predicted molar refractivity (Wildman–Crippen MR) is 83.3 cm³/mol. The first-order valence-electron chi connectivity index (χ1n) is 6.64. The molecule has 19 heavy (non-hydrogen) atoms. The number of benzene rings is 1. The third-order valence-corrected chi connectivity index (χ3v) is 5.61. The van der Waals surface area contributed by atoms with E-state index in [1.165, 1.54) is 10.4 Å². The van der Waals surface area contributed by atoms with Crippen molar-refractivity contribution >= 4 is 39.0 Å². The van der Waals surface area contributed by atoms with Gasteiger partial charge in [0, 0.05) is 11.7 Å². The number of hydrogen-bond donors (Lipinski definition) is 2. The molecular formula is C14H18N2OS2. The largest absolute Gasteiger partial charge is 0.393 e.